The van der Waals surface area contributed by atoms with Gasteiger partial charge in [0.25, 0.3) is 0 Å². The van der Waals surface area contributed by atoms with E-state index in [9.17, 15) is 0 Å². The zero-order valence-corrected chi connectivity index (χ0v) is 17.6. The average Bonchev–Trinajstić information content (AvgIpc) is 0.722. The van der Waals surface area contributed by atoms with Crippen LogP contribution >= 0.6 is 0 Å². The fraction of sp³-hybridized carbons (Fsp3) is 1.00. The summed E-state index contributed by atoms with van der Waals surface area (Å²) in [6.45, 7) is 2.60. The van der Waals surface area contributed by atoms with E-state index in [-0.39, 0.29) is 0 Å². The molecule has 0 fully saturated rings. The van der Waals surface area contributed by atoms with Gasteiger partial charge < -0.3 is 10.2 Å². The van der Waals surface area contributed by atoms with Crippen molar-refractivity contribution in [2.45, 2.75) is 19.6 Å². The third-order valence-electron chi connectivity index (χ3n) is 0. The summed E-state index contributed by atoms with van der Waals surface area (Å²) < 4.78 is 0. The van der Waals surface area contributed by atoms with Gasteiger partial charge in [0.15, 0.2) is 5.79 Å². The van der Waals surface area contributed by atoms with Gasteiger partial charge in [-0.15, -0.1) is 0 Å². The van der Waals surface area contributed by atoms with Crippen molar-refractivity contribution in [3.8, 4) is 0 Å². The maximum atomic E-state index is 8.08. The topological polar surface area (TPSA) is 40.5 Å². The molecule has 7 heavy (non-hydrogen) atoms. The van der Waals surface area contributed by atoms with Crippen LogP contribution in [0.15, 0.2) is 0 Å². The van der Waals surface area contributed by atoms with E-state index in [1.807, 2.05) is 0 Å². The fourth-order valence-electron chi connectivity index (χ4n) is 0. The number of hydrogen-bond acceptors (Lipinski definition) is 2. The minimum absolute atomic E-state index is 0. The van der Waals surface area contributed by atoms with E-state index in [1.165, 1.54) is 13.8 Å². The molecule has 0 saturated heterocycles. The first-order chi connectivity index (χ1) is 2.00. The maximum absolute atomic E-state index is 8.08. The first-order valence-corrected chi connectivity index (χ1v) is 1.45. The third-order valence-corrected chi connectivity index (χ3v) is 0. The van der Waals surface area contributed by atoms with Gasteiger partial charge in [-0.05, 0) is 13.8 Å². The summed E-state index contributed by atoms with van der Waals surface area (Å²) in [7, 11) is 0. The van der Waals surface area contributed by atoms with Gasteiger partial charge in [-0.1, -0.05) is 0 Å². The Hall–Kier alpha value is -2.08. The van der Waals surface area contributed by atoms with Crippen LogP contribution in [0, 0.1) is 0 Å². The Labute approximate surface area is 31.1 Å². The van der Waals surface area contributed by atoms with E-state index in [2.05, 4.69) is 0 Å². The summed E-state index contributed by atoms with van der Waals surface area (Å²) in [6.07, 6.45) is 0. The molecule has 0 aliphatic rings. The van der Waals surface area contributed by atoms with Crippen LogP contribution in [-0.2, 0) is 0 Å². The molecule has 0 heterocycles. The molecule has 0 bridgehead atoms. The number of hydrogen-bond donors (Lipinski definition) is 2. The van der Waals surface area contributed by atoms with E-state index in [4.69, 9.17) is 10.2 Å². The molecule has 0 saturated carbocycles. The summed E-state index contributed by atoms with van der Waals surface area (Å²) in [4.78, 5) is 0. The summed E-state index contributed by atoms with van der Waals surface area (Å²) in [6, 6.07) is 0. The Balaban J connectivity index is -0.0000000800. The monoisotopic (exact) mass is 610 g/mol. The van der Waals surface area contributed by atoms with Gasteiger partial charge in [0.2, 0.25) is 0 Å². The van der Waals surface area contributed by atoms with Gasteiger partial charge >= 0.3 is 0 Å². The molecule has 2 N–H and O–H groups in total. The van der Waals surface area contributed by atoms with Crippen molar-refractivity contribution in [2.75, 3.05) is 0 Å². The molecule has 0 aromatic rings. The van der Waals surface area contributed by atoms with E-state index in [1.54, 1.807) is 0 Å². The van der Waals surface area contributed by atoms with Crippen molar-refractivity contribution in [2.24, 2.45) is 0 Å². The van der Waals surface area contributed by atoms with Gasteiger partial charge in [-0.2, -0.15) is 0 Å². The van der Waals surface area contributed by atoms with Crippen molar-refractivity contribution in [1.29, 1.82) is 0 Å². The quantitative estimate of drug-likeness (QED) is 0.371. The zero-order chi connectivity index (χ0) is 4.50. The van der Waals surface area contributed by atoms with Crippen molar-refractivity contribution < 1.29 is 10.2 Å². The summed E-state index contributed by atoms with van der Waals surface area (Å²) >= 11 is 0. The summed E-state index contributed by atoms with van der Waals surface area (Å²) in [5.41, 5.74) is 0. The molecule has 36 valence electrons. The van der Waals surface area contributed by atoms with Crippen LogP contribution in [0.25, 0.3) is 0 Å². The molecule has 0 unspecified atom stereocenters. The Morgan fingerprint density at radius 2 is 1.00 bits per heavy atom. The van der Waals surface area contributed by atoms with E-state index >= 15 is 0 Å². The van der Waals surface area contributed by atoms with Crippen LogP contribution < -0.4 is 0 Å². The van der Waals surface area contributed by atoms with Crippen LogP contribution in [-0.4, -0.2) is 16.0 Å². The standard InChI is InChI=1S/C3H8O2.2Rf/c1-3(2,4)5;;/h4-5H,1-2H3;;. The molecule has 0 aromatic heterocycles. The third kappa shape index (κ3) is 3.34. The maximum Gasteiger partial charge on any atom is 0.156 e. The molecule has 2 nitrogen and oxygen atoms in total. The largest absolute Gasteiger partial charge is 0.366 e. The van der Waals surface area contributed by atoms with Crippen LogP contribution in [0.3, 0.4) is 0 Å². The number of rotatable bonds is 0. The Kier molecular flexibility index (Phi) is 6.37. The fourth-order valence-corrected chi connectivity index (χ4v) is 0. The van der Waals surface area contributed by atoms with Crippen molar-refractivity contribution in [1.82, 2.24) is 0 Å². The van der Waals surface area contributed by atoms with Crippen molar-refractivity contribution >= 4 is 0 Å². The SMILES string of the molecule is CC(C)(O)O.[Rf].[Rf]. The second kappa shape index (κ2) is 2.18. The van der Waals surface area contributed by atoms with Gasteiger partial charge in [0.05, 0.1) is 0 Å². The minimum atomic E-state index is -1.50. The second-order valence-electron chi connectivity index (χ2n) is 1.49. The van der Waals surface area contributed by atoms with Gasteiger partial charge in [-0.25, -0.2) is 0 Å². The smallest absolute Gasteiger partial charge is 0.156 e. The van der Waals surface area contributed by atoms with Crippen molar-refractivity contribution in [3.63, 3.8) is 0 Å². The molecule has 0 aliphatic heterocycles. The molecule has 0 rings (SSSR count). The molecule has 0 spiro atoms. The predicted molar refractivity (Wildman–Crippen MR) is 18.5 cm³/mol. The van der Waals surface area contributed by atoms with Crippen LogP contribution in [0.1, 0.15) is 13.8 Å². The van der Waals surface area contributed by atoms with E-state index in [0.717, 1.165) is 0 Å². The average molecular weight is 610 g/mol. The summed E-state index contributed by atoms with van der Waals surface area (Å²) in [5, 5.41) is 16.2. The Bertz CT molecular complexity index is 26.4. The molecule has 0 amide bonds. The van der Waals surface area contributed by atoms with Gasteiger partial charge in [0.1, 0.15) is 0 Å². The van der Waals surface area contributed by atoms with Crippen LogP contribution in [0.5, 0.6) is 0 Å². The Morgan fingerprint density at radius 1 is 1.00 bits per heavy atom. The second-order valence-corrected chi connectivity index (χ2v) is 1.49. The van der Waals surface area contributed by atoms with Crippen LogP contribution in [0.2, 0.25) is 0 Å². The normalized spacial score (nSPS) is 8.57. The Morgan fingerprint density at radius 3 is 1.00 bits per heavy atom. The molecular formula is C3H8O2Rf2. The summed E-state index contributed by atoms with van der Waals surface area (Å²) in [5.74, 6) is -1.50. The molecule has 4 heteroatoms. The predicted octanol–water partition coefficient (Wildman–Crippen LogP) is -0.293. The molecule has 0 aromatic carbocycles. The number of aliphatic hydroxyl groups is 2. The van der Waals surface area contributed by atoms with Gasteiger partial charge in [-0.3, -0.25) is 0 Å². The van der Waals surface area contributed by atoms with E-state index in [0.29, 0.717) is 0 Å². The first-order valence-electron chi connectivity index (χ1n) is 1.45. The minimum Gasteiger partial charge on any atom is -0.366 e. The zero-order valence-electron chi connectivity index (χ0n) is 4.81. The van der Waals surface area contributed by atoms with Gasteiger partial charge in [0, 0.05) is 0 Å². The molecular weight excluding hydrogens is 602 g/mol. The molecule has 0 radical (unpaired) electrons. The molecule has 0 aliphatic carbocycles. The van der Waals surface area contributed by atoms with Crippen LogP contribution in [0.4, 0.5) is 0 Å². The molecule has 0 atom stereocenters. The van der Waals surface area contributed by atoms with E-state index < -0.39 is 5.79 Å². The van der Waals surface area contributed by atoms with Crippen molar-refractivity contribution in [3.05, 3.63) is 0 Å². The first kappa shape index (κ1) is 20.5.